The van der Waals surface area contributed by atoms with Gasteiger partial charge in [0.1, 0.15) is 0 Å². The molecule has 0 aliphatic carbocycles. The van der Waals surface area contributed by atoms with E-state index in [-0.39, 0.29) is 11.7 Å². The summed E-state index contributed by atoms with van der Waals surface area (Å²) in [6.07, 6.45) is 0. The van der Waals surface area contributed by atoms with Gasteiger partial charge in [-0.25, -0.2) is 4.79 Å². The Morgan fingerprint density at radius 3 is 2.71 bits per heavy atom. The Labute approximate surface area is 134 Å². The van der Waals surface area contributed by atoms with E-state index in [0.717, 1.165) is 26.6 Å². The molecule has 0 amide bonds. The van der Waals surface area contributed by atoms with E-state index >= 15 is 0 Å². The average molecular weight is 367 g/mol. The van der Waals surface area contributed by atoms with Crippen molar-refractivity contribution in [2.45, 2.75) is 6.04 Å². The third-order valence-corrected chi connectivity index (χ3v) is 4.77. The van der Waals surface area contributed by atoms with E-state index in [2.05, 4.69) is 31.2 Å². The average Bonchev–Trinajstić information content (AvgIpc) is 2.83. The molecule has 6 heteroatoms. The van der Waals surface area contributed by atoms with Crippen LogP contribution in [0.5, 0.6) is 0 Å². The van der Waals surface area contributed by atoms with Gasteiger partial charge >= 0.3 is 5.69 Å². The highest BCUT2D eigenvalue weighted by molar-refractivity contribution is 9.10. The predicted octanol–water partition coefficient (Wildman–Crippen LogP) is 3.58. The fraction of sp³-hybridized carbons (Fsp3) is 0.133. The molecule has 0 saturated carbocycles. The molecular formula is C15H13BrClN3O. The summed E-state index contributed by atoms with van der Waals surface area (Å²) >= 11 is 9.84. The third-order valence-electron chi connectivity index (χ3n) is 3.45. The largest absolute Gasteiger partial charge is 0.323 e. The highest BCUT2D eigenvalue weighted by Crippen LogP contribution is 2.33. The first kappa shape index (κ1) is 14.4. The first-order chi connectivity index (χ1) is 10.1. The first-order valence-electron chi connectivity index (χ1n) is 6.43. The molecular weight excluding hydrogens is 354 g/mol. The van der Waals surface area contributed by atoms with Crippen molar-refractivity contribution in [3.05, 3.63) is 67.5 Å². The number of hydrogen-bond donors (Lipinski definition) is 3. The Kier molecular flexibility index (Phi) is 3.89. The number of aromatic nitrogens is 2. The fourth-order valence-electron chi connectivity index (χ4n) is 2.47. The Morgan fingerprint density at radius 1 is 1.19 bits per heavy atom. The van der Waals surface area contributed by atoms with Crippen molar-refractivity contribution in [2.24, 2.45) is 0 Å². The second-order valence-corrected chi connectivity index (χ2v) is 5.98. The monoisotopic (exact) mass is 365 g/mol. The van der Waals surface area contributed by atoms with Gasteiger partial charge in [0, 0.05) is 4.47 Å². The summed E-state index contributed by atoms with van der Waals surface area (Å²) in [4.78, 5) is 16.9. The lowest BCUT2D eigenvalue weighted by Crippen LogP contribution is -2.18. The number of imidazole rings is 1. The molecule has 0 bridgehead atoms. The molecule has 3 aromatic rings. The Morgan fingerprint density at radius 2 is 1.95 bits per heavy atom. The number of halogens is 2. The summed E-state index contributed by atoms with van der Waals surface area (Å²) < 4.78 is 0.859. The lowest BCUT2D eigenvalue weighted by molar-refractivity contribution is 0.692. The molecule has 0 spiro atoms. The van der Waals surface area contributed by atoms with E-state index in [4.69, 9.17) is 11.6 Å². The summed E-state index contributed by atoms with van der Waals surface area (Å²) in [5.74, 6) is 0. The van der Waals surface area contributed by atoms with Crippen molar-refractivity contribution >= 4 is 38.6 Å². The van der Waals surface area contributed by atoms with Crippen LogP contribution in [0.1, 0.15) is 17.2 Å². The highest BCUT2D eigenvalue weighted by Gasteiger charge is 2.17. The summed E-state index contributed by atoms with van der Waals surface area (Å²) in [5.41, 5.74) is 3.37. The van der Waals surface area contributed by atoms with Crippen LogP contribution in [0.3, 0.4) is 0 Å². The van der Waals surface area contributed by atoms with Gasteiger partial charge in [-0.15, -0.1) is 0 Å². The molecule has 3 rings (SSSR count). The van der Waals surface area contributed by atoms with Gasteiger partial charge in [-0.05, 0) is 52.3 Å². The van der Waals surface area contributed by atoms with Gasteiger partial charge in [0.2, 0.25) is 0 Å². The number of aromatic amines is 2. The zero-order chi connectivity index (χ0) is 15.0. The normalized spacial score (nSPS) is 12.7. The van der Waals surface area contributed by atoms with Crippen LogP contribution in [0.15, 0.2) is 45.7 Å². The topological polar surface area (TPSA) is 60.7 Å². The van der Waals surface area contributed by atoms with Crippen LogP contribution in [0.4, 0.5) is 0 Å². The van der Waals surface area contributed by atoms with E-state index in [1.807, 2.05) is 43.4 Å². The van der Waals surface area contributed by atoms with Gasteiger partial charge in [0.15, 0.2) is 0 Å². The summed E-state index contributed by atoms with van der Waals surface area (Å²) in [5, 5.41) is 3.95. The molecule has 0 fully saturated rings. The summed E-state index contributed by atoms with van der Waals surface area (Å²) in [6.45, 7) is 0. The molecule has 0 aliphatic rings. The Hall–Kier alpha value is -1.56. The predicted molar refractivity (Wildman–Crippen MR) is 89.0 cm³/mol. The lowest BCUT2D eigenvalue weighted by atomic mass is 9.98. The third kappa shape index (κ3) is 2.64. The van der Waals surface area contributed by atoms with Gasteiger partial charge in [0.25, 0.3) is 0 Å². The molecule has 1 unspecified atom stereocenters. The zero-order valence-electron chi connectivity index (χ0n) is 11.2. The minimum absolute atomic E-state index is 0.0576. The fourth-order valence-corrected chi connectivity index (χ4v) is 3.09. The van der Waals surface area contributed by atoms with E-state index in [1.165, 1.54) is 0 Å². The number of hydrogen-bond acceptors (Lipinski definition) is 2. The Bertz CT molecular complexity index is 855. The molecule has 1 aromatic heterocycles. The van der Waals surface area contributed by atoms with Crippen molar-refractivity contribution in [3.8, 4) is 0 Å². The number of benzene rings is 2. The standard InChI is InChI=1S/C15H13BrClN3O/c1-18-14(9-3-2-4-10(16)13(9)17)8-5-6-11-12(7-8)20-15(21)19-11/h2-7,14,18H,1H3,(H2,19,20,21). The van der Waals surface area contributed by atoms with Crippen molar-refractivity contribution in [2.75, 3.05) is 7.05 Å². The molecule has 1 heterocycles. The molecule has 0 aliphatic heterocycles. The molecule has 0 radical (unpaired) electrons. The van der Waals surface area contributed by atoms with Crippen LogP contribution in [0, 0.1) is 0 Å². The lowest BCUT2D eigenvalue weighted by Gasteiger charge is -2.19. The molecule has 21 heavy (non-hydrogen) atoms. The molecule has 2 aromatic carbocycles. The molecule has 3 N–H and O–H groups in total. The quantitative estimate of drug-likeness (QED) is 0.663. The van der Waals surface area contributed by atoms with Crippen LogP contribution >= 0.6 is 27.5 Å². The minimum atomic E-state index is -0.205. The maximum Gasteiger partial charge on any atom is 0.323 e. The minimum Gasteiger partial charge on any atom is -0.309 e. The SMILES string of the molecule is CNC(c1ccc2[nH]c(=O)[nH]c2c1)c1cccc(Br)c1Cl. The smallest absolute Gasteiger partial charge is 0.309 e. The van der Waals surface area contributed by atoms with E-state index in [9.17, 15) is 4.79 Å². The van der Waals surface area contributed by atoms with Crippen molar-refractivity contribution in [1.82, 2.24) is 15.3 Å². The summed E-state index contributed by atoms with van der Waals surface area (Å²) in [6, 6.07) is 11.6. The van der Waals surface area contributed by atoms with Gasteiger partial charge in [-0.2, -0.15) is 0 Å². The Balaban J connectivity index is 2.13. The summed E-state index contributed by atoms with van der Waals surface area (Å²) in [7, 11) is 1.88. The maximum atomic E-state index is 11.4. The van der Waals surface area contributed by atoms with Crippen LogP contribution in [-0.4, -0.2) is 17.0 Å². The molecule has 108 valence electrons. The van der Waals surface area contributed by atoms with Crippen LogP contribution < -0.4 is 11.0 Å². The van der Waals surface area contributed by atoms with Gasteiger partial charge in [0.05, 0.1) is 22.1 Å². The van der Waals surface area contributed by atoms with E-state index in [1.54, 1.807) is 0 Å². The van der Waals surface area contributed by atoms with E-state index < -0.39 is 0 Å². The van der Waals surface area contributed by atoms with E-state index in [0.29, 0.717) is 5.02 Å². The first-order valence-corrected chi connectivity index (χ1v) is 7.60. The van der Waals surface area contributed by atoms with Crippen LogP contribution in [0.2, 0.25) is 5.02 Å². The zero-order valence-corrected chi connectivity index (χ0v) is 13.5. The van der Waals surface area contributed by atoms with Crippen molar-refractivity contribution in [3.63, 3.8) is 0 Å². The molecule has 4 nitrogen and oxygen atoms in total. The number of fused-ring (bicyclic) bond motifs is 1. The number of H-pyrrole nitrogens is 2. The highest BCUT2D eigenvalue weighted by atomic mass is 79.9. The van der Waals surface area contributed by atoms with Crippen LogP contribution in [0.25, 0.3) is 11.0 Å². The molecule has 0 saturated heterocycles. The number of rotatable bonds is 3. The second kappa shape index (κ2) is 5.67. The van der Waals surface area contributed by atoms with Crippen molar-refractivity contribution < 1.29 is 0 Å². The maximum absolute atomic E-state index is 11.4. The molecule has 1 atom stereocenters. The van der Waals surface area contributed by atoms with Gasteiger partial charge in [-0.1, -0.05) is 29.8 Å². The second-order valence-electron chi connectivity index (χ2n) is 4.75. The van der Waals surface area contributed by atoms with Crippen LogP contribution in [-0.2, 0) is 0 Å². The van der Waals surface area contributed by atoms with Gasteiger partial charge in [-0.3, -0.25) is 0 Å². The van der Waals surface area contributed by atoms with Gasteiger partial charge < -0.3 is 15.3 Å². The number of nitrogens with one attached hydrogen (secondary N) is 3. The van der Waals surface area contributed by atoms with Crippen molar-refractivity contribution in [1.29, 1.82) is 0 Å².